The topological polar surface area (TPSA) is 70.6 Å². The van der Waals surface area contributed by atoms with E-state index in [1.165, 1.54) is 24.0 Å². The fourth-order valence-electron chi connectivity index (χ4n) is 2.87. The summed E-state index contributed by atoms with van der Waals surface area (Å²) < 4.78 is 0. The van der Waals surface area contributed by atoms with Crippen LogP contribution in [0.15, 0.2) is 23.2 Å². The third-order valence-electron chi connectivity index (χ3n) is 4.54. The third kappa shape index (κ3) is 3.88. The number of hydrogen-bond donors (Lipinski definition) is 3. The highest BCUT2D eigenvalue weighted by Gasteiger charge is 2.41. The average molecular weight is 401 g/mol. The van der Waals surface area contributed by atoms with E-state index in [0.29, 0.717) is 12.5 Å². The van der Waals surface area contributed by atoms with E-state index in [2.05, 4.69) is 28.5 Å². The van der Waals surface area contributed by atoms with Crippen molar-refractivity contribution in [2.24, 2.45) is 16.1 Å². The van der Waals surface area contributed by atoms with Crippen molar-refractivity contribution in [3.8, 4) is 0 Å². The zero-order chi connectivity index (χ0) is 14.0. The van der Waals surface area contributed by atoms with E-state index < -0.39 is 0 Å². The fourth-order valence-corrected chi connectivity index (χ4v) is 2.87. The summed E-state index contributed by atoms with van der Waals surface area (Å²) in [5, 5.41) is 12.5. The molecule has 1 fully saturated rings. The maximum Gasteiger partial charge on any atom is 0.193 e. The summed E-state index contributed by atoms with van der Waals surface area (Å²) in [6.45, 7) is 0.835. The number of hydrogen-bond acceptors (Lipinski definition) is 2. The van der Waals surface area contributed by atoms with Gasteiger partial charge >= 0.3 is 0 Å². The first-order valence-corrected chi connectivity index (χ1v) is 7.51. The molecule has 0 saturated heterocycles. The number of halogens is 1. The van der Waals surface area contributed by atoms with E-state index in [4.69, 9.17) is 5.73 Å². The van der Waals surface area contributed by atoms with Gasteiger partial charge in [-0.3, -0.25) is 4.99 Å². The standard InChI is InChI=1S/C16H23N3O.HI/c17-15(18-10-16(11-20)8-9-16)19-14-7-3-5-12-4-1-2-6-13(12)14;/h3,5,7,20H,1-2,4,6,8-11H2,(H3,17,18,19);1H. The van der Waals surface area contributed by atoms with Crippen LogP contribution < -0.4 is 11.1 Å². The van der Waals surface area contributed by atoms with Gasteiger partial charge in [-0.2, -0.15) is 0 Å². The lowest BCUT2D eigenvalue weighted by molar-refractivity contribution is 0.217. The molecule has 3 rings (SSSR count). The Kier molecular flexibility index (Phi) is 5.48. The summed E-state index contributed by atoms with van der Waals surface area (Å²) in [5.74, 6) is 0.462. The zero-order valence-electron chi connectivity index (χ0n) is 12.3. The van der Waals surface area contributed by atoms with Crippen LogP contribution in [0.4, 0.5) is 5.69 Å². The van der Waals surface area contributed by atoms with E-state index in [1.54, 1.807) is 0 Å². The van der Waals surface area contributed by atoms with Crippen LogP contribution in [-0.2, 0) is 12.8 Å². The molecule has 0 amide bonds. The summed E-state index contributed by atoms with van der Waals surface area (Å²) in [7, 11) is 0. The van der Waals surface area contributed by atoms with Gasteiger partial charge < -0.3 is 16.2 Å². The number of nitrogens with two attached hydrogens (primary N) is 1. The molecule has 116 valence electrons. The number of fused-ring (bicyclic) bond motifs is 1. The first-order valence-electron chi connectivity index (χ1n) is 7.51. The molecular formula is C16H24IN3O. The van der Waals surface area contributed by atoms with Crippen LogP contribution >= 0.6 is 24.0 Å². The Morgan fingerprint density at radius 2 is 2.05 bits per heavy atom. The Morgan fingerprint density at radius 3 is 2.76 bits per heavy atom. The van der Waals surface area contributed by atoms with Gasteiger partial charge in [0, 0.05) is 11.1 Å². The van der Waals surface area contributed by atoms with E-state index in [9.17, 15) is 5.11 Å². The largest absolute Gasteiger partial charge is 0.396 e. The summed E-state index contributed by atoms with van der Waals surface area (Å²) in [4.78, 5) is 4.40. The van der Waals surface area contributed by atoms with E-state index >= 15 is 0 Å². The molecular weight excluding hydrogens is 377 g/mol. The van der Waals surface area contributed by atoms with Crippen molar-refractivity contribution in [2.45, 2.75) is 38.5 Å². The fraction of sp³-hybridized carbons (Fsp3) is 0.562. The van der Waals surface area contributed by atoms with Gasteiger partial charge in [-0.25, -0.2) is 0 Å². The monoisotopic (exact) mass is 401 g/mol. The Bertz CT molecular complexity index is 526. The highest BCUT2D eigenvalue weighted by Crippen LogP contribution is 2.45. The number of aryl methyl sites for hydroxylation is 1. The first-order chi connectivity index (χ1) is 9.72. The number of aliphatic imine (C=N–C) groups is 1. The second kappa shape index (κ2) is 6.96. The minimum absolute atomic E-state index is 0. The maximum atomic E-state index is 9.29. The van der Waals surface area contributed by atoms with Crippen LogP contribution in [0.25, 0.3) is 0 Å². The normalized spacial score (nSPS) is 19.4. The van der Waals surface area contributed by atoms with Crippen molar-refractivity contribution in [1.82, 2.24) is 0 Å². The number of aliphatic hydroxyl groups is 1. The molecule has 0 aliphatic heterocycles. The quantitative estimate of drug-likeness (QED) is 0.413. The number of rotatable bonds is 4. The molecule has 1 aromatic rings. The van der Waals surface area contributed by atoms with Gasteiger partial charge in [0.05, 0.1) is 13.2 Å². The van der Waals surface area contributed by atoms with Crippen molar-refractivity contribution in [2.75, 3.05) is 18.5 Å². The molecule has 1 aromatic carbocycles. The molecule has 0 heterocycles. The zero-order valence-corrected chi connectivity index (χ0v) is 14.6. The van der Waals surface area contributed by atoms with Gasteiger partial charge in [-0.1, -0.05) is 12.1 Å². The van der Waals surface area contributed by atoms with Gasteiger partial charge in [0.1, 0.15) is 0 Å². The molecule has 0 radical (unpaired) electrons. The van der Waals surface area contributed by atoms with Crippen molar-refractivity contribution >= 4 is 35.6 Å². The van der Waals surface area contributed by atoms with E-state index in [-0.39, 0.29) is 36.0 Å². The predicted molar refractivity (Wildman–Crippen MR) is 97.4 cm³/mol. The summed E-state index contributed by atoms with van der Waals surface area (Å²) >= 11 is 0. The van der Waals surface area contributed by atoms with Gasteiger partial charge in [0.15, 0.2) is 5.96 Å². The summed E-state index contributed by atoms with van der Waals surface area (Å²) in [6, 6.07) is 6.36. The molecule has 1 saturated carbocycles. The van der Waals surface area contributed by atoms with Gasteiger partial charge in [-0.15, -0.1) is 24.0 Å². The molecule has 5 heteroatoms. The Balaban J connectivity index is 0.00000161. The second-order valence-electron chi connectivity index (χ2n) is 6.13. The van der Waals surface area contributed by atoms with E-state index in [1.807, 2.05) is 0 Å². The SMILES string of the molecule is I.NC(=NCC1(CO)CC1)Nc1cccc2c1CCCC2. The predicted octanol–water partition coefficient (Wildman–Crippen LogP) is 2.68. The first kappa shape index (κ1) is 16.5. The number of benzene rings is 1. The van der Waals surface area contributed by atoms with Crippen LogP contribution in [-0.4, -0.2) is 24.2 Å². The number of guanidine groups is 1. The molecule has 0 atom stereocenters. The van der Waals surface area contributed by atoms with Crippen LogP contribution in [0.1, 0.15) is 36.8 Å². The van der Waals surface area contributed by atoms with Gasteiger partial charge in [0.25, 0.3) is 0 Å². The Hall–Kier alpha value is -0.820. The molecule has 0 bridgehead atoms. The summed E-state index contributed by atoms with van der Waals surface area (Å²) in [5.41, 5.74) is 9.92. The van der Waals surface area contributed by atoms with Crippen molar-refractivity contribution in [3.05, 3.63) is 29.3 Å². The van der Waals surface area contributed by atoms with Crippen LogP contribution in [0.5, 0.6) is 0 Å². The van der Waals surface area contributed by atoms with Crippen LogP contribution in [0.3, 0.4) is 0 Å². The van der Waals surface area contributed by atoms with Gasteiger partial charge in [0.2, 0.25) is 0 Å². The molecule has 0 spiro atoms. The lowest BCUT2D eigenvalue weighted by atomic mass is 9.90. The molecule has 0 unspecified atom stereocenters. The number of nitrogens with zero attached hydrogens (tertiary/aromatic N) is 1. The van der Waals surface area contributed by atoms with Crippen molar-refractivity contribution in [1.29, 1.82) is 0 Å². The molecule has 4 nitrogen and oxygen atoms in total. The molecule has 2 aliphatic carbocycles. The lowest BCUT2D eigenvalue weighted by Gasteiger charge is -2.20. The minimum Gasteiger partial charge on any atom is -0.396 e. The molecule has 0 aromatic heterocycles. The highest BCUT2D eigenvalue weighted by molar-refractivity contribution is 14.0. The van der Waals surface area contributed by atoms with Crippen molar-refractivity contribution in [3.63, 3.8) is 0 Å². The Morgan fingerprint density at radius 1 is 1.29 bits per heavy atom. The Labute approximate surface area is 143 Å². The van der Waals surface area contributed by atoms with Gasteiger partial charge in [-0.05, 0) is 55.7 Å². The molecule has 2 aliphatic rings. The lowest BCUT2D eigenvalue weighted by Crippen LogP contribution is -2.26. The highest BCUT2D eigenvalue weighted by atomic mass is 127. The molecule has 4 N–H and O–H groups in total. The smallest absolute Gasteiger partial charge is 0.193 e. The molecule has 21 heavy (non-hydrogen) atoms. The maximum absolute atomic E-state index is 9.29. The minimum atomic E-state index is 0. The number of aliphatic hydroxyl groups excluding tert-OH is 1. The number of anilines is 1. The second-order valence-corrected chi connectivity index (χ2v) is 6.13. The third-order valence-corrected chi connectivity index (χ3v) is 4.54. The van der Waals surface area contributed by atoms with Crippen LogP contribution in [0.2, 0.25) is 0 Å². The summed E-state index contributed by atoms with van der Waals surface area (Å²) in [6.07, 6.45) is 6.92. The van der Waals surface area contributed by atoms with E-state index in [0.717, 1.165) is 31.4 Å². The van der Waals surface area contributed by atoms with Crippen LogP contribution in [0, 0.1) is 5.41 Å². The number of nitrogens with one attached hydrogen (secondary N) is 1. The van der Waals surface area contributed by atoms with Crippen molar-refractivity contribution < 1.29 is 5.11 Å². The average Bonchev–Trinajstić information content (AvgIpc) is 3.26.